The van der Waals surface area contributed by atoms with Gasteiger partial charge >= 0.3 is 0 Å². The van der Waals surface area contributed by atoms with Gasteiger partial charge in [0.1, 0.15) is 5.75 Å². The molecule has 1 N–H and O–H groups in total. The first-order valence-electron chi connectivity index (χ1n) is 7.08. The van der Waals surface area contributed by atoms with Crippen molar-refractivity contribution < 1.29 is 14.6 Å². The molecule has 1 unspecified atom stereocenters. The van der Waals surface area contributed by atoms with Crippen molar-refractivity contribution in [1.29, 1.82) is 0 Å². The summed E-state index contributed by atoms with van der Waals surface area (Å²) in [7, 11) is 3.56. The molecule has 0 saturated carbocycles. The molecule has 0 fully saturated rings. The summed E-state index contributed by atoms with van der Waals surface area (Å²) < 4.78 is 7.20. The van der Waals surface area contributed by atoms with E-state index in [9.17, 15) is 9.90 Å². The lowest BCUT2D eigenvalue weighted by Gasteiger charge is -2.17. The van der Waals surface area contributed by atoms with Crippen LogP contribution in [-0.4, -0.2) is 39.3 Å². The molecule has 118 valence electrons. The summed E-state index contributed by atoms with van der Waals surface area (Å²) in [5, 5.41) is 13.6. The lowest BCUT2D eigenvalue weighted by Crippen LogP contribution is -2.30. The number of aryl methyl sites for hydroxylation is 1. The topological polar surface area (TPSA) is 67.6 Å². The maximum atomic E-state index is 12.1. The molecule has 0 aliphatic carbocycles. The van der Waals surface area contributed by atoms with E-state index in [1.807, 2.05) is 19.3 Å². The summed E-state index contributed by atoms with van der Waals surface area (Å²) in [6.45, 7) is 2.13. The highest BCUT2D eigenvalue weighted by Crippen LogP contribution is 2.18. The third kappa shape index (κ3) is 4.33. The maximum absolute atomic E-state index is 12.1. The Balaban J connectivity index is 1.88. The van der Waals surface area contributed by atoms with Crippen molar-refractivity contribution in [1.82, 2.24) is 14.7 Å². The molecule has 6 nitrogen and oxygen atoms in total. The van der Waals surface area contributed by atoms with Crippen LogP contribution in [0.25, 0.3) is 0 Å². The second kappa shape index (κ2) is 7.09. The van der Waals surface area contributed by atoms with Crippen LogP contribution in [0.1, 0.15) is 24.2 Å². The van der Waals surface area contributed by atoms with E-state index in [-0.39, 0.29) is 12.5 Å². The van der Waals surface area contributed by atoms with E-state index >= 15 is 0 Å². The number of likely N-dealkylation sites (N-methyl/N-ethyl adjacent to an activating group) is 1. The Morgan fingerprint density at radius 2 is 2.27 bits per heavy atom. The predicted molar refractivity (Wildman–Crippen MR) is 82.3 cm³/mol. The van der Waals surface area contributed by atoms with Gasteiger partial charge in [-0.05, 0) is 24.6 Å². The lowest BCUT2D eigenvalue weighted by molar-refractivity contribution is -0.132. The van der Waals surface area contributed by atoms with Gasteiger partial charge in [0, 0.05) is 32.4 Å². The molecule has 22 heavy (non-hydrogen) atoms. The van der Waals surface area contributed by atoms with E-state index in [1.165, 1.54) is 0 Å². The molecule has 1 heterocycles. The van der Waals surface area contributed by atoms with Crippen LogP contribution in [0.2, 0.25) is 0 Å². The van der Waals surface area contributed by atoms with Crippen LogP contribution in [0.5, 0.6) is 5.75 Å². The normalized spacial score (nSPS) is 12.0. The Morgan fingerprint density at radius 3 is 2.91 bits per heavy atom. The van der Waals surface area contributed by atoms with Gasteiger partial charge in [-0.1, -0.05) is 12.1 Å². The SMILES string of the molecule is CC(O)c1cccc(OCC(=O)N(C)Cc2cnn(C)c2)c1. The monoisotopic (exact) mass is 303 g/mol. The van der Waals surface area contributed by atoms with Crippen LogP contribution in [0, 0.1) is 0 Å². The minimum absolute atomic E-state index is 0.0416. The number of carbonyl (C=O) groups is 1. The number of benzene rings is 1. The van der Waals surface area contributed by atoms with Gasteiger partial charge in [0.15, 0.2) is 6.61 Å². The molecule has 1 aromatic heterocycles. The molecule has 2 rings (SSSR count). The fourth-order valence-corrected chi connectivity index (χ4v) is 2.04. The number of aliphatic hydroxyl groups is 1. The van der Waals surface area contributed by atoms with Gasteiger partial charge in [0.2, 0.25) is 0 Å². The zero-order valence-corrected chi connectivity index (χ0v) is 13.1. The van der Waals surface area contributed by atoms with E-state index in [4.69, 9.17) is 4.74 Å². The van der Waals surface area contributed by atoms with Gasteiger partial charge in [-0.25, -0.2) is 0 Å². The summed E-state index contributed by atoms with van der Waals surface area (Å²) >= 11 is 0. The van der Waals surface area contributed by atoms with E-state index in [0.29, 0.717) is 12.3 Å². The number of ether oxygens (including phenoxy) is 1. The largest absolute Gasteiger partial charge is 0.484 e. The van der Waals surface area contributed by atoms with Crippen LogP contribution >= 0.6 is 0 Å². The first-order chi connectivity index (χ1) is 10.5. The molecule has 0 aliphatic rings. The summed E-state index contributed by atoms with van der Waals surface area (Å²) in [5.41, 5.74) is 1.73. The standard InChI is InChI=1S/C16H21N3O3/c1-12(20)14-5-4-6-15(7-14)22-11-16(21)18(2)9-13-8-17-19(3)10-13/h4-8,10,12,20H,9,11H2,1-3H3. The molecule has 1 aromatic carbocycles. The highest BCUT2D eigenvalue weighted by Gasteiger charge is 2.11. The Hall–Kier alpha value is -2.34. The fraction of sp³-hybridized carbons (Fsp3) is 0.375. The van der Waals surface area contributed by atoms with Crippen molar-refractivity contribution in [2.45, 2.75) is 19.6 Å². The molecule has 0 radical (unpaired) electrons. The fourth-order valence-electron chi connectivity index (χ4n) is 2.04. The van der Waals surface area contributed by atoms with Crippen molar-refractivity contribution in [2.24, 2.45) is 7.05 Å². The number of amides is 1. The maximum Gasteiger partial charge on any atom is 0.260 e. The van der Waals surface area contributed by atoms with Gasteiger partial charge in [-0.2, -0.15) is 5.10 Å². The van der Waals surface area contributed by atoms with Crippen molar-refractivity contribution >= 4 is 5.91 Å². The van der Waals surface area contributed by atoms with Crippen molar-refractivity contribution in [3.63, 3.8) is 0 Å². The van der Waals surface area contributed by atoms with Crippen molar-refractivity contribution in [2.75, 3.05) is 13.7 Å². The van der Waals surface area contributed by atoms with Gasteiger partial charge in [-0.3, -0.25) is 9.48 Å². The molecular weight excluding hydrogens is 282 g/mol. The molecule has 1 amide bonds. The minimum Gasteiger partial charge on any atom is -0.484 e. The smallest absolute Gasteiger partial charge is 0.260 e. The molecule has 0 aliphatic heterocycles. The van der Waals surface area contributed by atoms with E-state index in [2.05, 4.69) is 5.10 Å². The first-order valence-corrected chi connectivity index (χ1v) is 7.08. The summed E-state index contributed by atoms with van der Waals surface area (Å²) in [5.74, 6) is 0.452. The number of hydrogen-bond acceptors (Lipinski definition) is 4. The molecule has 2 aromatic rings. The van der Waals surface area contributed by atoms with Gasteiger partial charge < -0.3 is 14.7 Å². The molecule has 1 atom stereocenters. The molecule has 6 heteroatoms. The minimum atomic E-state index is -0.562. The van der Waals surface area contributed by atoms with E-state index in [0.717, 1.165) is 11.1 Å². The Kier molecular flexibility index (Phi) is 5.16. The second-order valence-electron chi connectivity index (χ2n) is 5.31. The summed E-state index contributed by atoms with van der Waals surface area (Å²) in [4.78, 5) is 13.7. The predicted octanol–water partition coefficient (Wildman–Crippen LogP) is 1.51. The number of hydrogen-bond donors (Lipinski definition) is 1. The molecule has 0 saturated heterocycles. The summed E-state index contributed by atoms with van der Waals surface area (Å²) in [6, 6.07) is 7.11. The first kappa shape index (κ1) is 16.0. The average Bonchev–Trinajstić information content (AvgIpc) is 2.90. The van der Waals surface area contributed by atoms with Crippen LogP contribution < -0.4 is 4.74 Å². The van der Waals surface area contributed by atoms with Crippen molar-refractivity contribution in [3.05, 3.63) is 47.8 Å². The third-order valence-electron chi connectivity index (χ3n) is 3.31. The lowest BCUT2D eigenvalue weighted by atomic mass is 10.1. The van der Waals surface area contributed by atoms with Crippen LogP contribution in [0.3, 0.4) is 0 Å². The van der Waals surface area contributed by atoms with Crippen LogP contribution in [0.4, 0.5) is 0 Å². The number of nitrogens with zero attached hydrogens (tertiary/aromatic N) is 3. The van der Waals surface area contributed by atoms with Gasteiger partial charge in [0.05, 0.1) is 12.3 Å². The molecule has 0 spiro atoms. The highest BCUT2D eigenvalue weighted by molar-refractivity contribution is 5.77. The Bertz CT molecular complexity index is 637. The van der Waals surface area contributed by atoms with Crippen LogP contribution in [-0.2, 0) is 18.4 Å². The summed E-state index contributed by atoms with van der Waals surface area (Å²) in [6.07, 6.45) is 3.04. The van der Waals surface area contributed by atoms with E-state index < -0.39 is 6.10 Å². The van der Waals surface area contributed by atoms with Gasteiger partial charge in [0.25, 0.3) is 5.91 Å². The second-order valence-corrected chi connectivity index (χ2v) is 5.31. The third-order valence-corrected chi connectivity index (χ3v) is 3.31. The van der Waals surface area contributed by atoms with Crippen LogP contribution in [0.15, 0.2) is 36.7 Å². The Morgan fingerprint density at radius 1 is 1.50 bits per heavy atom. The average molecular weight is 303 g/mol. The molecular formula is C16H21N3O3. The number of aliphatic hydroxyl groups excluding tert-OH is 1. The number of carbonyl (C=O) groups excluding carboxylic acids is 1. The quantitative estimate of drug-likeness (QED) is 0.878. The van der Waals surface area contributed by atoms with Crippen molar-refractivity contribution in [3.8, 4) is 5.75 Å². The Labute approximate surface area is 129 Å². The number of rotatable bonds is 6. The van der Waals surface area contributed by atoms with Gasteiger partial charge in [-0.15, -0.1) is 0 Å². The number of aromatic nitrogens is 2. The van der Waals surface area contributed by atoms with E-state index in [1.54, 1.807) is 47.9 Å². The zero-order chi connectivity index (χ0) is 16.1. The zero-order valence-electron chi connectivity index (χ0n) is 13.1. The molecule has 0 bridgehead atoms. The highest BCUT2D eigenvalue weighted by atomic mass is 16.5.